The van der Waals surface area contributed by atoms with Crippen LogP contribution in [0, 0.1) is 13.8 Å². The molecule has 0 aliphatic carbocycles. The summed E-state index contributed by atoms with van der Waals surface area (Å²) in [5, 5.41) is 9.19. The Bertz CT molecular complexity index is 600. The van der Waals surface area contributed by atoms with E-state index in [0.717, 1.165) is 11.1 Å². The number of phenolic OH excluding ortho intramolecular Hbond substituents is 1. The first-order chi connectivity index (χ1) is 9.54. The second-order valence-electron chi connectivity index (χ2n) is 4.89. The van der Waals surface area contributed by atoms with E-state index in [4.69, 9.17) is 4.74 Å². The second-order valence-corrected chi connectivity index (χ2v) is 4.89. The Morgan fingerprint density at radius 3 is 2.40 bits per heavy atom. The van der Waals surface area contributed by atoms with Crippen LogP contribution in [0.15, 0.2) is 42.5 Å². The van der Waals surface area contributed by atoms with Gasteiger partial charge >= 0.3 is 5.97 Å². The first kappa shape index (κ1) is 14.1. The summed E-state index contributed by atoms with van der Waals surface area (Å²) in [7, 11) is 0. The Morgan fingerprint density at radius 1 is 1.05 bits per heavy atom. The van der Waals surface area contributed by atoms with Gasteiger partial charge in [0.2, 0.25) is 0 Å². The fraction of sp³-hybridized carbons (Fsp3) is 0.235. The van der Waals surface area contributed by atoms with E-state index in [-0.39, 0.29) is 11.7 Å². The molecule has 0 bridgehead atoms. The number of carbonyl (C=O) groups is 1. The van der Waals surface area contributed by atoms with Crippen molar-refractivity contribution in [2.45, 2.75) is 26.7 Å². The maximum absolute atomic E-state index is 11.8. The number of aromatic hydroxyl groups is 1. The summed E-state index contributed by atoms with van der Waals surface area (Å²) in [6.07, 6.45) is 0.918. The first-order valence-electron chi connectivity index (χ1n) is 6.60. The highest BCUT2D eigenvalue weighted by atomic mass is 16.5. The number of phenols is 1. The normalized spacial score (nSPS) is 10.3. The van der Waals surface area contributed by atoms with Crippen molar-refractivity contribution < 1.29 is 14.6 Å². The Hall–Kier alpha value is -2.29. The van der Waals surface area contributed by atoms with Gasteiger partial charge in [-0.2, -0.15) is 0 Å². The molecular formula is C17H18O3. The van der Waals surface area contributed by atoms with E-state index in [1.807, 2.05) is 26.0 Å². The van der Waals surface area contributed by atoms with Crippen LogP contribution in [-0.2, 0) is 11.2 Å². The summed E-state index contributed by atoms with van der Waals surface area (Å²) in [5.74, 6) is 0.566. The molecule has 0 aliphatic rings. The van der Waals surface area contributed by atoms with Crippen LogP contribution >= 0.6 is 0 Å². The van der Waals surface area contributed by atoms with Gasteiger partial charge in [-0.25, -0.2) is 0 Å². The molecular weight excluding hydrogens is 252 g/mol. The molecule has 0 heterocycles. The van der Waals surface area contributed by atoms with Crippen LogP contribution in [0.1, 0.15) is 23.1 Å². The van der Waals surface area contributed by atoms with Crippen molar-refractivity contribution in [2.24, 2.45) is 0 Å². The highest BCUT2D eigenvalue weighted by Gasteiger charge is 2.06. The first-order valence-corrected chi connectivity index (χ1v) is 6.60. The number of rotatable bonds is 4. The second kappa shape index (κ2) is 6.24. The lowest BCUT2D eigenvalue weighted by atomic mass is 10.1. The average molecular weight is 270 g/mol. The predicted molar refractivity (Wildman–Crippen MR) is 78.0 cm³/mol. The molecule has 0 saturated carbocycles. The van der Waals surface area contributed by atoms with Crippen LogP contribution in [0.3, 0.4) is 0 Å². The molecule has 3 nitrogen and oxygen atoms in total. The number of ether oxygens (including phenoxy) is 1. The summed E-state index contributed by atoms with van der Waals surface area (Å²) < 4.78 is 5.31. The lowest BCUT2D eigenvalue weighted by Crippen LogP contribution is -2.09. The summed E-state index contributed by atoms with van der Waals surface area (Å²) in [5.41, 5.74) is 3.28. The highest BCUT2D eigenvalue weighted by Crippen LogP contribution is 2.17. The molecule has 0 amide bonds. The Morgan fingerprint density at radius 2 is 1.75 bits per heavy atom. The van der Waals surface area contributed by atoms with Gasteiger partial charge in [0.1, 0.15) is 11.5 Å². The van der Waals surface area contributed by atoms with E-state index in [0.29, 0.717) is 18.6 Å². The van der Waals surface area contributed by atoms with Crippen molar-refractivity contribution in [2.75, 3.05) is 0 Å². The predicted octanol–water partition coefficient (Wildman–Crippen LogP) is 3.55. The largest absolute Gasteiger partial charge is 0.508 e. The molecule has 1 N–H and O–H groups in total. The fourth-order valence-corrected chi connectivity index (χ4v) is 1.87. The van der Waals surface area contributed by atoms with Crippen LogP contribution < -0.4 is 4.74 Å². The number of esters is 1. The molecule has 0 spiro atoms. The molecule has 3 heteroatoms. The van der Waals surface area contributed by atoms with Gasteiger partial charge in [0, 0.05) is 6.42 Å². The van der Waals surface area contributed by atoms with Gasteiger partial charge in [-0.3, -0.25) is 4.79 Å². The van der Waals surface area contributed by atoms with Crippen LogP contribution in [0.2, 0.25) is 0 Å². The molecule has 0 radical (unpaired) electrons. The van der Waals surface area contributed by atoms with Crippen molar-refractivity contribution in [3.63, 3.8) is 0 Å². The molecule has 0 saturated heterocycles. The number of hydrogen-bond acceptors (Lipinski definition) is 3. The molecule has 0 aliphatic heterocycles. The number of aryl methyl sites for hydroxylation is 3. The minimum atomic E-state index is -0.249. The summed E-state index contributed by atoms with van der Waals surface area (Å²) in [6, 6.07) is 12.5. The van der Waals surface area contributed by atoms with Crippen LogP contribution in [0.4, 0.5) is 0 Å². The van der Waals surface area contributed by atoms with Crippen molar-refractivity contribution in [3.05, 3.63) is 59.2 Å². The standard InChI is InChI=1S/C17H18O3/c1-12-3-9-16(11-13(12)2)20-17(19)10-6-14-4-7-15(18)8-5-14/h3-5,7-9,11,18H,6,10H2,1-2H3. The smallest absolute Gasteiger partial charge is 0.311 e. The monoisotopic (exact) mass is 270 g/mol. The van der Waals surface area contributed by atoms with Crippen molar-refractivity contribution in [3.8, 4) is 11.5 Å². The van der Waals surface area contributed by atoms with E-state index in [1.165, 1.54) is 5.56 Å². The Kier molecular flexibility index (Phi) is 4.41. The quantitative estimate of drug-likeness (QED) is 0.682. The molecule has 0 aromatic heterocycles. The maximum Gasteiger partial charge on any atom is 0.311 e. The fourth-order valence-electron chi connectivity index (χ4n) is 1.87. The highest BCUT2D eigenvalue weighted by molar-refractivity contribution is 5.72. The van der Waals surface area contributed by atoms with E-state index in [9.17, 15) is 9.90 Å². The zero-order valence-electron chi connectivity index (χ0n) is 11.7. The third kappa shape index (κ3) is 3.85. The molecule has 0 fully saturated rings. The third-order valence-electron chi connectivity index (χ3n) is 3.26. The van der Waals surface area contributed by atoms with E-state index >= 15 is 0 Å². The molecule has 104 valence electrons. The van der Waals surface area contributed by atoms with Gasteiger partial charge in [0.15, 0.2) is 0 Å². The lowest BCUT2D eigenvalue weighted by molar-refractivity contribution is -0.134. The van der Waals surface area contributed by atoms with Crippen molar-refractivity contribution in [1.29, 1.82) is 0 Å². The molecule has 2 rings (SSSR count). The van der Waals surface area contributed by atoms with Crippen LogP contribution in [-0.4, -0.2) is 11.1 Å². The van der Waals surface area contributed by atoms with Gasteiger partial charge in [0.25, 0.3) is 0 Å². The van der Waals surface area contributed by atoms with Crippen molar-refractivity contribution >= 4 is 5.97 Å². The summed E-state index contributed by atoms with van der Waals surface area (Å²) in [4.78, 5) is 11.8. The molecule has 0 atom stereocenters. The average Bonchev–Trinajstić information content (AvgIpc) is 2.42. The number of carbonyl (C=O) groups excluding carboxylic acids is 1. The minimum absolute atomic E-state index is 0.228. The SMILES string of the molecule is Cc1ccc(OC(=O)CCc2ccc(O)cc2)cc1C. The lowest BCUT2D eigenvalue weighted by Gasteiger charge is -2.07. The molecule has 2 aromatic carbocycles. The van der Waals surface area contributed by atoms with E-state index < -0.39 is 0 Å². The zero-order valence-corrected chi connectivity index (χ0v) is 11.7. The topological polar surface area (TPSA) is 46.5 Å². The van der Waals surface area contributed by atoms with Crippen molar-refractivity contribution in [1.82, 2.24) is 0 Å². The number of hydrogen-bond donors (Lipinski definition) is 1. The minimum Gasteiger partial charge on any atom is -0.508 e. The van der Waals surface area contributed by atoms with Gasteiger partial charge in [-0.05, 0) is 61.2 Å². The van der Waals surface area contributed by atoms with Gasteiger partial charge < -0.3 is 9.84 Å². The maximum atomic E-state index is 11.8. The van der Waals surface area contributed by atoms with E-state index in [2.05, 4.69) is 0 Å². The van der Waals surface area contributed by atoms with Crippen LogP contribution in [0.5, 0.6) is 11.5 Å². The molecule has 0 unspecified atom stereocenters. The zero-order chi connectivity index (χ0) is 14.5. The van der Waals surface area contributed by atoms with Gasteiger partial charge in [0.05, 0.1) is 0 Å². The summed E-state index contributed by atoms with van der Waals surface area (Å²) in [6.45, 7) is 4.01. The Labute approximate surface area is 118 Å². The molecule has 2 aromatic rings. The number of benzene rings is 2. The van der Waals surface area contributed by atoms with Gasteiger partial charge in [-0.1, -0.05) is 18.2 Å². The summed E-state index contributed by atoms with van der Waals surface area (Å²) >= 11 is 0. The third-order valence-corrected chi connectivity index (χ3v) is 3.26. The van der Waals surface area contributed by atoms with Gasteiger partial charge in [-0.15, -0.1) is 0 Å². The molecule has 20 heavy (non-hydrogen) atoms. The Balaban J connectivity index is 1.89. The van der Waals surface area contributed by atoms with Crippen LogP contribution in [0.25, 0.3) is 0 Å². The van der Waals surface area contributed by atoms with E-state index in [1.54, 1.807) is 30.3 Å².